The lowest BCUT2D eigenvalue weighted by Crippen LogP contribution is -2.61. The predicted molar refractivity (Wildman–Crippen MR) is 78.6 cm³/mol. The van der Waals surface area contributed by atoms with E-state index in [1.165, 1.54) is 13.0 Å². The van der Waals surface area contributed by atoms with Crippen molar-refractivity contribution in [3.63, 3.8) is 0 Å². The summed E-state index contributed by atoms with van der Waals surface area (Å²) in [6.07, 6.45) is -7.87. The van der Waals surface area contributed by atoms with E-state index in [0.717, 1.165) is 6.26 Å². The standard InChI is InChI=1S/C15H24O10/c1-14(21)4-7(17)15(22)2-3-23-13(11(14)15)25-12-10(20)9(19)8(18)6(5-16)24-12/h2-3,6-13,16-22H,4-5H2,1H3. The quantitative estimate of drug-likeness (QED) is 0.267. The molecule has 0 spiro atoms. The summed E-state index contributed by atoms with van der Waals surface area (Å²) in [5.74, 6) is -1.10. The van der Waals surface area contributed by atoms with Gasteiger partial charge in [-0.2, -0.15) is 0 Å². The highest BCUT2D eigenvalue weighted by Gasteiger charge is 2.64. The third kappa shape index (κ3) is 2.97. The number of hydrogen-bond donors (Lipinski definition) is 7. The first kappa shape index (κ1) is 19.0. The average Bonchev–Trinajstić information content (AvgIpc) is 2.73. The lowest BCUT2D eigenvalue weighted by Gasteiger charge is -2.45. The Balaban J connectivity index is 1.81. The summed E-state index contributed by atoms with van der Waals surface area (Å²) in [6, 6.07) is 0. The summed E-state index contributed by atoms with van der Waals surface area (Å²) >= 11 is 0. The van der Waals surface area contributed by atoms with Crippen molar-refractivity contribution in [1.29, 1.82) is 0 Å². The zero-order valence-corrected chi connectivity index (χ0v) is 13.5. The predicted octanol–water partition coefficient (Wildman–Crippen LogP) is -3.46. The van der Waals surface area contributed by atoms with Gasteiger partial charge < -0.3 is 50.0 Å². The zero-order valence-electron chi connectivity index (χ0n) is 13.5. The van der Waals surface area contributed by atoms with Gasteiger partial charge in [0.05, 0.1) is 30.5 Å². The Morgan fingerprint density at radius 2 is 1.76 bits per heavy atom. The molecule has 0 amide bonds. The molecular formula is C15H24O10. The molecule has 1 saturated carbocycles. The summed E-state index contributed by atoms with van der Waals surface area (Å²) in [6.45, 7) is 0.783. The monoisotopic (exact) mass is 364 g/mol. The number of hydrogen-bond acceptors (Lipinski definition) is 10. The summed E-state index contributed by atoms with van der Waals surface area (Å²) in [5.41, 5.74) is -3.35. The molecule has 2 fully saturated rings. The molecule has 1 aliphatic carbocycles. The molecule has 3 aliphatic rings. The van der Waals surface area contributed by atoms with Gasteiger partial charge in [-0.05, 0) is 13.0 Å². The molecule has 7 N–H and O–H groups in total. The van der Waals surface area contributed by atoms with Crippen LogP contribution < -0.4 is 0 Å². The van der Waals surface area contributed by atoms with Gasteiger partial charge in [-0.25, -0.2) is 0 Å². The van der Waals surface area contributed by atoms with Crippen LogP contribution in [0.25, 0.3) is 0 Å². The van der Waals surface area contributed by atoms with Crippen LogP contribution in [0.1, 0.15) is 13.3 Å². The molecule has 0 radical (unpaired) electrons. The third-order valence-electron chi connectivity index (χ3n) is 5.25. The first-order valence-corrected chi connectivity index (χ1v) is 8.04. The first-order chi connectivity index (χ1) is 11.6. The molecule has 25 heavy (non-hydrogen) atoms. The van der Waals surface area contributed by atoms with Crippen LogP contribution in [-0.4, -0.2) is 96.7 Å². The van der Waals surface area contributed by atoms with Crippen molar-refractivity contribution in [2.45, 2.75) is 67.6 Å². The second-order valence-electron chi connectivity index (χ2n) is 7.08. The minimum absolute atomic E-state index is 0.129. The van der Waals surface area contributed by atoms with Crippen LogP contribution in [0, 0.1) is 5.92 Å². The highest BCUT2D eigenvalue weighted by Crippen LogP contribution is 2.49. The van der Waals surface area contributed by atoms with E-state index in [4.69, 9.17) is 14.2 Å². The maximum absolute atomic E-state index is 10.7. The van der Waals surface area contributed by atoms with E-state index in [1.54, 1.807) is 0 Å². The van der Waals surface area contributed by atoms with Crippen molar-refractivity contribution >= 4 is 0 Å². The van der Waals surface area contributed by atoms with E-state index in [2.05, 4.69) is 0 Å². The Labute approximate surface area is 143 Å². The van der Waals surface area contributed by atoms with E-state index in [-0.39, 0.29) is 6.42 Å². The van der Waals surface area contributed by atoms with Gasteiger partial charge in [-0.15, -0.1) is 0 Å². The smallest absolute Gasteiger partial charge is 0.210 e. The van der Waals surface area contributed by atoms with Crippen molar-refractivity contribution in [2.75, 3.05) is 6.61 Å². The van der Waals surface area contributed by atoms with Gasteiger partial charge in [0.1, 0.15) is 30.0 Å². The Bertz CT molecular complexity index is 522. The number of aliphatic hydroxyl groups excluding tert-OH is 5. The molecule has 10 heteroatoms. The van der Waals surface area contributed by atoms with E-state index in [1.807, 2.05) is 0 Å². The molecule has 10 atom stereocenters. The second kappa shape index (κ2) is 6.41. The van der Waals surface area contributed by atoms with Crippen molar-refractivity contribution in [1.82, 2.24) is 0 Å². The molecule has 1 saturated heterocycles. The normalized spacial score (nSPS) is 55.7. The van der Waals surface area contributed by atoms with Crippen molar-refractivity contribution in [3.8, 4) is 0 Å². The van der Waals surface area contributed by atoms with Crippen LogP contribution in [0.15, 0.2) is 12.3 Å². The molecule has 10 unspecified atom stereocenters. The molecule has 10 nitrogen and oxygen atoms in total. The van der Waals surface area contributed by atoms with Crippen LogP contribution in [0.4, 0.5) is 0 Å². The van der Waals surface area contributed by atoms with Crippen molar-refractivity contribution in [2.24, 2.45) is 5.92 Å². The minimum atomic E-state index is -1.81. The van der Waals surface area contributed by atoms with Gasteiger partial charge in [0.2, 0.25) is 6.29 Å². The summed E-state index contributed by atoms with van der Waals surface area (Å²) in [5, 5.41) is 70.2. The number of rotatable bonds is 3. The number of ether oxygens (including phenoxy) is 3. The molecule has 0 aromatic carbocycles. The molecule has 0 aromatic heterocycles. The third-order valence-corrected chi connectivity index (χ3v) is 5.25. The fourth-order valence-corrected chi connectivity index (χ4v) is 3.84. The Morgan fingerprint density at radius 1 is 1.08 bits per heavy atom. The molecule has 2 aliphatic heterocycles. The zero-order chi connectivity index (χ0) is 18.6. The molecule has 0 bridgehead atoms. The van der Waals surface area contributed by atoms with Gasteiger partial charge in [0.25, 0.3) is 0 Å². The van der Waals surface area contributed by atoms with Crippen LogP contribution in [0.2, 0.25) is 0 Å². The van der Waals surface area contributed by atoms with Gasteiger partial charge >= 0.3 is 0 Å². The molecule has 3 rings (SSSR count). The van der Waals surface area contributed by atoms with Crippen molar-refractivity contribution in [3.05, 3.63) is 12.3 Å². The van der Waals surface area contributed by atoms with Gasteiger partial charge in [-0.1, -0.05) is 0 Å². The van der Waals surface area contributed by atoms with E-state index in [9.17, 15) is 35.7 Å². The maximum atomic E-state index is 10.7. The Morgan fingerprint density at radius 3 is 2.40 bits per heavy atom. The summed E-state index contributed by atoms with van der Waals surface area (Å²) < 4.78 is 16.0. The van der Waals surface area contributed by atoms with Crippen LogP contribution in [0.3, 0.4) is 0 Å². The molecule has 2 heterocycles. The number of fused-ring (bicyclic) bond motifs is 1. The lowest BCUT2D eigenvalue weighted by atomic mass is 9.81. The largest absolute Gasteiger partial charge is 0.472 e. The highest BCUT2D eigenvalue weighted by atomic mass is 16.8. The fourth-order valence-electron chi connectivity index (χ4n) is 3.84. The highest BCUT2D eigenvalue weighted by molar-refractivity contribution is 5.21. The first-order valence-electron chi connectivity index (χ1n) is 8.04. The van der Waals surface area contributed by atoms with Gasteiger partial charge in [-0.3, -0.25) is 0 Å². The maximum Gasteiger partial charge on any atom is 0.210 e. The summed E-state index contributed by atoms with van der Waals surface area (Å²) in [4.78, 5) is 0. The molecule has 0 aromatic rings. The lowest BCUT2D eigenvalue weighted by molar-refractivity contribution is -0.351. The van der Waals surface area contributed by atoms with Gasteiger partial charge in [0.15, 0.2) is 6.29 Å². The Hall–Kier alpha value is -0.820. The van der Waals surface area contributed by atoms with Crippen LogP contribution >= 0.6 is 0 Å². The average molecular weight is 364 g/mol. The Kier molecular flexibility index (Phi) is 4.86. The molecular weight excluding hydrogens is 340 g/mol. The van der Waals surface area contributed by atoms with Crippen LogP contribution in [-0.2, 0) is 14.2 Å². The second-order valence-corrected chi connectivity index (χ2v) is 7.08. The molecule has 144 valence electrons. The fraction of sp³-hybridized carbons (Fsp3) is 0.867. The van der Waals surface area contributed by atoms with E-state index >= 15 is 0 Å². The van der Waals surface area contributed by atoms with Gasteiger partial charge in [0, 0.05) is 6.42 Å². The number of aliphatic hydroxyl groups is 7. The summed E-state index contributed by atoms with van der Waals surface area (Å²) in [7, 11) is 0. The van der Waals surface area contributed by atoms with E-state index < -0.39 is 66.8 Å². The van der Waals surface area contributed by atoms with E-state index in [0.29, 0.717) is 0 Å². The van der Waals surface area contributed by atoms with Crippen LogP contribution in [0.5, 0.6) is 0 Å². The topological polar surface area (TPSA) is 169 Å². The SMILES string of the molecule is CC1(O)CC(O)C2(O)C=COC(OC3OC(CO)C(O)C(O)C3O)C12. The minimum Gasteiger partial charge on any atom is -0.472 e. The van der Waals surface area contributed by atoms with Crippen molar-refractivity contribution < 1.29 is 50.0 Å².